The molecule has 23 heavy (non-hydrogen) atoms. The van der Waals surface area contributed by atoms with E-state index in [1.54, 1.807) is 14.2 Å². The van der Waals surface area contributed by atoms with Gasteiger partial charge in [-0.2, -0.15) is 0 Å². The fourth-order valence-electron chi connectivity index (χ4n) is 2.86. The second kappa shape index (κ2) is 6.79. The average molecular weight is 316 g/mol. The van der Waals surface area contributed by atoms with Crippen LogP contribution in [0, 0.1) is 0 Å². The predicted octanol–water partition coefficient (Wildman–Crippen LogP) is 2.95. The summed E-state index contributed by atoms with van der Waals surface area (Å²) in [6.45, 7) is 0.295. The summed E-state index contributed by atoms with van der Waals surface area (Å²) in [5.74, 6) is 2.91. The van der Waals surface area contributed by atoms with E-state index >= 15 is 0 Å². The monoisotopic (exact) mass is 316 g/mol. The van der Waals surface area contributed by atoms with Gasteiger partial charge in [0.1, 0.15) is 11.5 Å². The summed E-state index contributed by atoms with van der Waals surface area (Å²) < 4.78 is 21.6. The number of methoxy groups -OCH3 is 2. The van der Waals surface area contributed by atoms with Gasteiger partial charge in [-0.15, -0.1) is 0 Å². The molecule has 3 rings (SSSR count). The van der Waals surface area contributed by atoms with E-state index in [1.807, 2.05) is 36.4 Å². The highest BCUT2D eigenvalue weighted by Gasteiger charge is 2.24. The van der Waals surface area contributed by atoms with Crippen LogP contribution in [-0.4, -0.2) is 32.7 Å². The molecular weight excluding hydrogens is 296 g/mol. The average Bonchev–Trinajstić information content (AvgIpc) is 3.06. The molecule has 122 valence electrons. The number of aliphatic hydroxyl groups excluding tert-OH is 1. The molecule has 0 saturated carbocycles. The van der Waals surface area contributed by atoms with Crippen molar-refractivity contribution < 1.29 is 24.1 Å². The largest absolute Gasteiger partial charge is 0.497 e. The molecule has 0 saturated heterocycles. The number of benzene rings is 2. The molecule has 1 aliphatic heterocycles. The number of hydrogen-bond acceptors (Lipinski definition) is 5. The third-order valence-corrected chi connectivity index (χ3v) is 4.04. The highest BCUT2D eigenvalue weighted by molar-refractivity contribution is 5.55. The van der Waals surface area contributed by atoms with E-state index < -0.39 is 0 Å². The van der Waals surface area contributed by atoms with Gasteiger partial charge >= 0.3 is 0 Å². The van der Waals surface area contributed by atoms with Crippen molar-refractivity contribution in [1.82, 2.24) is 0 Å². The lowest BCUT2D eigenvalue weighted by atomic mass is 9.88. The van der Waals surface area contributed by atoms with E-state index in [4.69, 9.17) is 18.9 Å². The van der Waals surface area contributed by atoms with E-state index in [-0.39, 0.29) is 19.3 Å². The van der Waals surface area contributed by atoms with E-state index in [9.17, 15) is 5.11 Å². The highest BCUT2D eigenvalue weighted by atomic mass is 16.7. The molecule has 5 nitrogen and oxygen atoms in total. The molecule has 0 spiro atoms. The van der Waals surface area contributed by atoms with Gasteiger partial charge in [-0.3, -0.25) is 0 Å². The SMILES string of the molecule is COc1ccc(C(CCO)c2cc3c(cc2OC)OCO3)cc1. The van der Waals surface area contributed by atoms with Crippen LogP contribution < -0.4 is 18.9 Å². The minimum absolute atomic E-state index is 0.00430. The van der Waals surface area contributed by atoms with Crippen LogP contribution in [0.4, 0.5) is 0 Å². The minimum atomic E-state index is -0.00430. The first-order valence-corrected chi connectivity index (χ1v) is 7.49. The van der Waals surface area contributed by atoms with Crippen molar-refractivity contribution in [2.24, 2.45) is 0 Å². The molecular formula is C18H20O5. The van der Waals surface area contributed by atoms with E-state index in [2.05, 4.69) is 0 Å². The molecule has 0 amide bonds. The van der Waals surface area contributed by atoms with Crippen LogP contribution in [0.2, 0.25) is 0 Å². The van der Waals surface area contributed by atoms with Crippen LogP contribution in [0.3, 0.4) is 0 Å². The standard InChI is InChI=1S/C18H20O5/c1-20-13-5-3-12(4-6-13)14(7-8-19)15-9-17-18(23-11-22-17)10-16(15)21-2/h3-6,9-10,14,19H,7-8,11H2,1-2H3. The van der Waals surface area contributed by atoms with Gasteiger partial charge in [-0.05, 0) is 30.2 Å². The molecule has 5 heteroatoms. The summed E-state index contributed by atoms with van der Waals surface area (Å²) in [7, 11) is 3.27. The lowest BCUT2D eigenvalue weighted by Gasteiger charge is -2.20. The van der Waals surface area contributed by atoms with Crippen LogP contribution in [-0.2, 0) is 0 Å². The molecule has 2 aromatic carbocycles. The molecule has 0 fully saturated rings. The molecule has 2 aromatic rings. The smallest absolute Gasteiger partial charge is 0.231 e. The lowest BCUT2D eigenvalue weighted by Crippen LogP contribution is -2.06. The van der Waals surface area contributed by atoms with Gasteiger partial charge in [0.15, 0.2) is 11.5 Å². The Labute approximate surface area is 135 Å². The Kier molecular flexibility index (Phi) is 4.57. The minimum Gasteiger partial charge on any atom is -0.497 e. The van der Waals surface area contributed by atoms with Gasteiger partial charge in [0.2, 0.25) is 6.79 Å². The van der Waals surface area contributed by atoms with Crippen LogP contribution in [0.5, 0.6) is 23.0 Å². The summed E-state index contributed by atoms with van der Waals surface area (Å²) in [4.78, 5) is 0. The van der Waals surface area contributed by atoms with Gasteiger partial charge in [-0.1, -0.05) is 12.1 Å². The van der Waals surface area contributed by atoms with Crippen molar-refractivity contribution in [3.63, 3.8) is 0 Å². The van der Waals surface area contributed by atoms with Crippen molar-refractivity contribution in [1.29, 1.82) is 0 Å². The van der Waals surface area contributed by atoms with Crippen molar-refractivity contribution in [3.8, 4) is 23.0 Å². The zero-order valence-corrected chi connectivity index (χ0v) is 13.2. The Balaban J connectivity index is 2.03. The summed E-state index contributed by atoms with van der Waals surface area (Å²) in [6.07, 6.45) is 0.586. The lowest BCUT2D eigenvalue weighted by molar-refractivity contribution is 0.174. The second-order valence-corrected chi connectivity index (χ2v) is 5.29. The molecule has 1 N–H and O–H groups in total. The fourth-order valence-corrected chi connectivity index (χ4v) is 2.86. The first kappa shape index (κ1) is 15.5. The number of hydrogen-bond donors (Lipinski definition) is 1. The Morgan fingerprint density at radius 1 is 1.04 bits per heavy atom. The molecule has 0 radical (unpaired) electrons. The van der Waals surface area contributed by atoms with Crippen molar-refractivity contribution in [2.75, 3.05) is 27.6 Å². The summed E-state index contributed by atoms with van der Waals surface area (Å²) in [5.41, 5.74) is 2.05. The van der Waals surface area contributed by atoms with Gasteiger partial charge in [0.25, 0.3) is 0 Å². The topological polar surface area (TPSA) is 57.2 Å². The number of ether oxygens (including phenoxy) is 4. The van der Waals surface area contributed by atoms with E-state index in [1.165, 1.54) is 0 Å². The zero-order valence-electron chi connectivity index (χ0n) is 13.2. The maximum Gasteiger partial charge on any atom is 0.231 e. The molecule has 0 aromatic heterocycles. The Morgan fingerprint density at radius 2 is 1.74 bits per heavy atom. The third kappa shape index (κ3) is 3.05. The fraction of sp³-hybridized carbons (Fsp3) is 0.333. The van der Waals surface area contributed by atoms with E-state index in [0.717, 1.165) is 22.6 Å². The highest BCUT2D eigenvalue weighted by Crippen LogP contribution is 2.43. The Hall–Kier alpha value is -2.40. The summed E-state index contributed by atoms with van der Waals surface area (Å²) in [6, 6.07) is 11.6. The summed E-state index contributed by atoms with van der Waals surface area (Å²) in [5, 5.41) is 9.50. The number of fused-ring (bicyclic) bond motifs is 1. The number of rotatable bonds is 6. The predicted molar refractivity (Wildman–Crippen MR) is 85.7 cm³/mol. The molecule has 1 unspecified atom stereocenters. The number of aliphatic hydroxyl groups is 1. The molecule has 0 aliphatic carbocycles. The maximum absolute atomic E-state index is 9.50. The normalized spacial score (nSPS) is 13.7. The van der Waals surface area contributed by atoms with Gasteiger partial charge < -0.3 is 24.1 Å². The first-order chi connectivity index (χ1) is 11.3. The Morgan fingerprint density at radius 3 is 2.35 bits per heavy atom. The van der Waals surface area contributed by atoms with Crippen LogP contribution in [0.25, 0.3) is 0 Å². The molecule has 1 heterocycles. The molecule has 0 bridgehead atoms. The van der Waals surface area contributed by atoms with Crippen molar-refractivity contribution >= 4 is 0 Å². The Bertz CT molecular complexity index is 666. The second-order valence-electron chi connectivity index (χ2n) is 5.29. The molecule has 1 aliphatic rings. The van der Waals surface area contributed by atoms with Gasteiger partial charge in [0, 0.05) is 24.2 Å². The first-order valence-electron chi connectivity index (χ1n) is 7.49. The quantitative estimate of drug-likeness (QED) is 0.888. The van der Waals surface area contributed by atoms with Crippen molar-refractivity contribution in [2.45, 2.75) is 12.3 Å². The third-order valence-electron chi connectivity index (χ3n) is 4.04. The molecule has 1 atom stereocenters. The van der Waals surface area contributed by atoms with Crippen molar-refractivity contribution in [3.05, 3.63) is 47.5 Å². The van der Waals surface area contributed by atoms with Gasteiger partial charge in [-0.25, -0.2) is 0 Å². The summed E-state index contributed by atoms with van der Waals surface area (Å²) >= 11 is 0. The maximum atomic E-state index is 9.50. The zero-order chi connectivity index (χ0) is 16.2. The van der Waals surface area contributed by atoms with Gasteiger partial charge in [0.05, 0.1) is 14.2 Å². The van der Waals surface area contributed by atoms with Crippen LogP contribution in [0.15, 0.2) is 36.4 Å². The van der Waals surface area contributed by atoms with Crippen LogP contribution >= 0.6 is 0 Å². The van der Waals surface area contributed by atoms with Crippen LogP contribution in [0.1, 0.15) is 23.5 Å². The van der Waals surface area contributed by atoms with E-state index in [0.29, 0.717) is 17.9 Å².